The van der Waals surface area contributed by atoms with Crippen molar-refractivity contribution >= 4 is 5.97 Å². The zero-order chi connectivity index (χ0) is 15.8. The van der Waals surface area contributed by atoms with Crippen LogP contribution >= 0.6 is 0 Å². The van der Waals surface area contributed by atoms with E-state index in [1.165, 1.54) is 13.2 Å². The van der Waals surface area contributed by atoms with Crippen LogP contribution in [0.2, 0.25) is 0 Å². The number of hydrogen-bond acceptors (Lipinski definition) is 4. The molecule has 0 amide bonds. The fraction of sp³-hybridized carbons (Fsp3) is 0.500. The molecule has 0 atom stereocenters. The van der Waals surface area contributed by atoms with E-state index >= 15 is 0 Å². The molecule has 5 nitrogen and oxygen atoms in total. The van der Waals surface area contributed by atoms with Gasteiger partial charge in [-0.1, -0.05) is 13.0 Å². The maximum atomic E-state index is 12.5. The molecule has 0 radical (unpaired) electrons. The third kappa shape index (κ3) is 5.95. The Morgan fingerprint density at radius 1 is 1.43 bits per heavy atom. The second kappa shape index (κ2) is 8.41. The second-order valence-corrected chi connectivity index (χ2v) is 4.46. The Morgan fingerprint density at radius 3 is 2.67 bits per heavy atom. The Labute approximate surface area is 122 Å². The molecule has 0 saturated heterocycles. The van der Waals surface area contributed by atoms with Gasteiger partial charge in [0, 0.05) is 18.2 Å². The number of carboxylic acids is 1. The molecule has 0 saturated carbocycles. The third-order valence-electron chi connectivity index (χ3n) is 2.78. The summed E-state index contributed by atoms with van der Waals surface area (Å²) in [7, 11) is 1.43. The van der Waals surface area contributed by atoms with Gasteiger partial charge in [0.05, 0.1) is 13.7 Å². The highest BCUT2D eigenvalue weighted by molar-refractivity contribution is 5.69. The molecule has 1 aromatic rings. The van der Waals surface area contributed by atoms with Gasteiger partial charge in [0.25, 0.3) is 0 Å². The highest BCUT2D eigenvalue weighted by atomic mass is 19.3. The average Bonchev–Trinajstić information content (AvgIpc) is 2.39. The largest absolute Gasteiger partial charge is 0.497 e. The van der Waals surface area contributed by atoms with E-state index in [2.05, 4.69) is 4.74 Å². The number of alkyl halides is 2. The van der Waals surface area contributed by atoms with Crippen LogP contribution in [0, 0.1) is 0 Å². The molecule has 0 heterocycles. The molecule has 118 valence electrons. The number of carboxylic acid groups (broad SMARTS) is 1. The normalized spacial score (nSPS) is 11.0. The van der Waals surface area contributed by atoms with Crippen LogP contribution in [0.1, 0.15) is 18.9 Å². The number of nitrogens with zero attached hydrogens (tertiary/aromatic N) is 1. The summed E-state index contributed by atoms with van der Waals surface area (Å²) >= 11 is 0. The zero-order valence-corrected chi connectivity index (χ0v) is 12.0. The molecule has 0 aliphatic heterocycles. The molecule has 0 aliphatic rings. The summed E-state index contributed by atoms with van der Waals surface area (Å²) in [6.45, 7) is -0.429. The van der Waals surface area contributed by atoms with Gasteiger partial charge in [-0.15, -0.1) is 0 Å². The Balaban J connectivity index is 2.94. The van der Waals surface area contributed by atoms with Gasteiger partial charge in [0.2, 0.25) is 0 Å². The van der Waals surface area contributed by atoms with Crippen LogP contribution in [0.15, 0.2) is 18.2 Å². The van der Waals surface area contributed by atoms with E-state index in [-0.39, 0.29) is 18.8 Å². The first-order valence-corrected chi connectivity index (χ1v) is 6.52. The van der Waals surface area contributed by atoms with Crippen molar-refractivity contribution in [2.75, 3.05) is 20.2 Å². The van der Waals surface area contributed by atoms with Crippen molar-refractivity contribution in [3.63, 3.8) is 0 Å². The number of halogens is 2. The van der Waals surface area contributed by atoms with E-state index in [1.54, 1.807) is 17.0 Å². The molecule has 0 bridgehead atoms. The van der Waals surface area contributed by atoms with Gasteiger partial charge in [-0.25, -0.2) is 0 Å². The van der Waals surface area contributed by atoms with Crippen LogP contribution in [-0.2, 0) is 11.3 Å². The fourth-order valence-corrected chi connectivity index (χ4v) is 1.96. The van der Waals surface area contributed by atoms with Crippen LogP contribution in [0.5, 0.6) is 11.5 Å². The molecule has 0 aliphatic carbocycles. The van der Waals surface area contributed by atoms with Crippen molar-refractivity contribution < 1.29 is 28.2 Å². The molecular weight excluding hydrogens is 284 g/mol. The lowest BCUT2D eigenvalue weighted by Crippen LogP contribution is -2.30. The summed E-state index contributed by atoms with van der Waals surface area (Å²) < 4.78 is 34.4. The van der Waals surface area contributed by atoms with Gasteiger partial charge in [-0.3, -0.25) is 9.69 Å². The topological polar surface area (TPSA) is 59.0 Å². The van der Waals surface area contributed by atoms with Crippen LogP contribution in [-0.4, -0.2) is 42.8 Å². The SMILES string of the molecule is CCCN(CC(=O)O)Cc1ccc(OC)cc1OC(F)F. The van der Waals surface area contributed by atoms with Gasteiger partial charge >= 0.3 is 12.6 Å². The number of benzene rings is 1. The molecule has 1 rings (SSSR count). The molecule has 7 heteroatoms. The highest BCUT2D eigenvalue weighted by Gasteiger charge is 2.15. The van der Waals surface area contributed by atoms with Crippen LogP contribution < -0.4 is 9.47 Å². The van der Waals surface area contributed by atoms with E-state index in [0.29, 0.717) is 17.9 Å². The standard InChI is InChI=1S/C14H19F2NO4/c1-3-6-17(9-13(18)19)8-10-4-5-11(20-2)7-12(10)21-14(15)16/h4-5,7,14H,3,6,8-9H2,1-2H3,(H,18,19). The molecule has 0 fully saturated rings. The summed E-state index contributed by atoms with van der Waals surface area (Å²) in [5, 5.41) is 8.87. The van der Waals surface area contributed by atoms with E-state index in [0.717, 1.165) is 6.42 Å². The smallest absolute Gasteiger partial charge is 0.387 e. The lowest BCUT2D eigenvalue weighted by atomic mass is 10.1. The van der Waals surface area contributed by atoms with Crippen molar-refractivity contribution in [1.82, 2.24) is 4.90 Å². The maximum Gasteiger partial charge on any atom is 0.387 e. The lowest BCUT2D eigenvalue weighted by Gasteiger charge is -2.21. The van der Waals surface area contributed by atoms with Crippen molar-refractivity contribution in [3.8, 4) is 11.5 Å². The van der Waals surface area contributed by atoms with E-state index in [1.807, 2.05) is 6.92 Å². The van der Waals surface area contributed by atoms with Gasteiger partial charge in [0.15, 0.2) is 0 Å². The predicted octanol–water partition coefficient (Wildman–Crippen LogP) is 2.59. The van der Waals surface area contributed by atoms with E-state index in [9.17, 15) is 13.6 Å². The van der Waals surface area contributed by atoms with Gasteiger partial charge in [-0.05, 0) is 19.0 Å². The first-order chi connectivity index (χ1) is 9.96. The number of carbonyl (C=O) groups is 1. The van der Waals surface area contributed by atoms with Gasteiger partial charge in [0.1, 0.15) is 11.5 Å². The zero-order valence-electron chi connectivity index (χ0n) is 12.0. The quantitative estimate of drug-likeness (QED) is 0.760. The molecule has 0 spiro atoms. The predicted molar refractivity (Wildman–Crippen MR) is 72.8 cm³/mol. The number of rotatable bonds is 9. The van der Waals surface area contributed by atoms with Gasteiger partial charge in [-0.2, -0.15) is 8.78 Å². The van der Waals surface area contributed by atoms with Crippen LogP contribution in [0.25, 0.3) is 0 Å². The Hall–Kier alpha value is -1.89. The number of ether oxygens (including phenoxy) is 2. The molecule has 1 aromatic carbocycles. The van der Waals surface area contributed by atoms with Crippen molar-refractivity contribution in [2.24, 2.45) is 0 Å². The van der Waals surface area contributed by atoms with Crippen molar-refractivity contribution in [3.05, 3.63) is 23.8 Å². The minimum Gasteiger partial charge on any atom is -0.497 e. The Bertz CT molecular complexity index is 468. The summed E-state index contributed by atoms with van der Waals surface area (Å²) in [6, 6.07) is 4.59. The van der Waals surface area contributed by atoms with Gasteiger partial charge < -0.3 is 14.6 Å². The molecule has 21 heavy (non-hydrogen) atoms. The minimum atomic E-state index is -2.95. The van der Waals surface area contributed by atoms with Crippen molar-refractivity contribution in [1.29, 1.82) is 0 Å². The first-order valence-electron chi connectivity index (χ1n) is 6.52. The van der Waals surface area contributed by atoms with Crippen molar-refractivity contribution in [2.45, 2.75) is 26.5 Å². The summed E-state index contributed by atoms with van der Waals surface area (Å²) in [6.07, 6.45) is 0.758. The summed E-state index contributed by atoms with van der Waals surface area (Å²) in [5.41, 5.74) is 0.491. The molecule has 1 N–H and O–H groups in total. The first kappa shape index (κ1) is 17.2. The number of aliphatic carboxylic acids is 1. The molecule has 0 unspecified atom stereocenters. The van der Waals surface area contributed by atoms with Crippen LogP contribution in [0.4, 0.5) is 8.78 Å². The highest BCUT2D eigenvalue weighted by Crippen LogP contribution is 2.27. The summed E-state index contributed by atoms with van der Waals surface area (Å²) in [4.78, 5) is 12.5. The van der Waals surface area contributed by atoms with E-state index < -0.39 is 12.6 Å². The summed E-state index contributed by atoms with van der Waals surface area (Å²) in [5.74, 6) is -0.571. The van der Waals surface area contributed by atoms with Crippen LogP contribution in [0.3, 0.4) is 0 Å². The third-order valence-corrected chi connectivity index (χ3v) is 2.78. The molecular formula is C14H19F2NO4. The van der Waals surface area contributed by atoms with E-state index in [4.69, 9.17) is 9.84 Å². The average molecular weight is 303 g/mol. The monoisotopic (exact) mass is 303 g/mol. The Kier molecular flexibility index (Phi) is 6.87. The fourth-order valence-electron chi connectivity index (χ4n) is 1.96. The minimum absolute atomic E-state index is 0.00385. The lowest BCUT2D eigenvalue weighted by molar-refractivity contribution is -0.138. The number of hydrogen-bond donors (Lipinski definition) is 1. The second-order valence-electron chi connectivity index (χ2n) is 4.46. The maximum absolute atomic E-state index is 12.5. The number of methoxy groups -OCH3 is 1. The molecule has 0 aromatic heterocycles. The Morgan fingerprint density at radius 2 is 2.14 bits per heavy atom.